The van der Waals surface area contributed by atoms with E-state index in [-0.39, 0.29) is 17.9 Å². The van der Waals surface area contributed by atoms with Crippen LogP contribution in [0, 0.1) is 0 Å². The largest absolute Gasteiger partial charge is 0.462 e. The summed E-state index contributed by atoms with van der Waals surface area (Å²) in [5.41, 5.74) is 2.75. The summed E-state index contributed by atoms with van der Waals surface area (Å²) in [5.74, 6) is -0.0555. The summed E-state index contributed by atoms with van der Waals surface area (Å²) in [5, 5.41) is 15.4. The van der Waals surface area contributed by atoms with Gasteiger partial charge in [0.15, 0.2) is 5.82 Å². The third-order valence-corrected chi connectivity index (χ3v) is 6.45. The molecule has 0 fully saturated rings. The number of thiophene rings is 1. The second kappa shape index (κ2) is 8.97. The van der Waals surface area contributed by atoms with Crippen LogP contribution in [0.2, 0.25) is 0 Å². The number of anilines is 1. The molecule has 1 aliphatic carbocycles. The van der Waals surface area contributed by atoms with Gasteiger partial charge in [-0.2, -0.15) is 0 Å². The maximum absolute atomic E-state index is 13.1. The number of carbonyl (C=O) groups excluding carboxylic acids is 2. The average molecular weight is 440 g/mol. The standard InChI is InChI=1S/C22H25N5O3S/c1-4-30-22(29)18-16-10-5-6-11-17(16)31-21(18)23-20(28)15-9-7-8-14(12-15)19-24-25-26-27(19)13(2)3/h7-9,12-13H,4-6,10-11H2,1-3H3,(H,23,28). The van der Waals surface area contributed by atoms with Gasteiger partial charge >= 0.3 is 5.97 Å². The number of hydrogen-bond donors (Lipinski definition) is 1. The molecule has 9 heteroatoms. The fourth-order valence-corrected chi connectivity index (χ4v) is 5.05. The number of benzene rings is 1. The Kier molecular flexibility index (Phi) is 6.13. The van der Waals surface area contributed by atoms with Gasteiger partial charge in [-0.25, -0.2) is 9.48 Å². The first-order valence-electron chi connectivity index (χ1n) is 10.5. The maximum atomic E-state index is 13.1. The number of fused-ring (bicyclic) bond motifs is 1. The lowest BCUT2D eigenvalue weighted by Crippen LogP contribution is -2.16. The monoisotopic (exact) mass is 439 g/mol. The normalized spacial score (nSPS) is 13.2. The van der Waals surface area contributed by atoms with E-state index in [9.17, 15) is 9.59 Å². The molecule has 1 aliphatic rings. The van der Waals surface area contributed by atoms with Gasteiger partial charge in [-0.15, -0.1) is 16.4 Å². The van der Waals surface area contributed by atoms with E-state index in [1.807, 2.05) is 19.9 Å². The molecule has 2 heterocycles. The molecule has 0 aliphatic heterocycles. The smallest absolute Gasteiger partial charge is 0.341 e. The van der Waals surface area contributed by atoms with Crippen LogP contribution in [-0.2, 0) is 17.6 Å². The molecule has 1 amide bonds. The van der Waals surface area contributed by atoms with Crippen LogP contribution in [0.25, 0.3) is 11.4 Å². The first-order valence-corrected chi connectivity index (χ1v) is 11.3. The van der Waals surface area contributed by atoms with Gasteiger partial charge in [0, 0.05) is 16.0 Å². The van der Waals surface area contributed by atoms with Crippen molar-refractivity contribution < 1.29 is 14.3 Å². The summed E-state index contributed by atoms with van der Waals surface area (Å²) in [6, 6.07) is 7.26. The Morgan fingerprint density at radius 1 is 1.26 bits per heavy atom. The van der Waals surface area contributed by atoms with E-state index in [1.54, 1.807) is 29.8 Å². The number of rotatable bonds is 6. The van der Waals surface area contributed by atoms with E-state index in [4.69, 9.17) is 4.74 Å². The van der Waals surface area contributed by atoms with Crippen molar-refractivity contribution in [1.29, 1.82) is 0 Å². The number of hydrogen-bond acceptors (Lipinski definition) is 7. The zero-order chi connectivity index (χ0) is 22.0. The zero-order valence-corrected chi connectivity index (χ0v) is 18.7. The topological polar surface area (TPSA) is 99.0 Å². The Balaban J connectivity index is 1.64. The van der Waals surface area contributed by atoms with Crippen molar-refractivity contribution in [2.24, 2.45) is 0 Å². The van der Waals surface area contributed by atoms with Gasteiger partial charge in [0.05, 0.1) is 18.2 Å². The minimum atomic E-state index is -0.373. The van der Waals surface area contributed by atoms with E-state index >= 15 is 0 Å². The van der Waals surface area contributed by atoms with Crippen LogP contribution in [0.3, 0.4) is 0 Å². The fourth-order valence-electron chi connectivity index (χ4n) is 3.78. The molecule has 0 unspecified atom stereocenters. The number of ether oxygens (including phenoxy) is 1. The Bertz CT molecular complexity index is 1120. The second-order valence-corrected chi connectivity index (χ2v) is 8.82. The lowest BCUT2D eigenvalue weighted by Gasteiger charge is -2.12. The molecule has 0 radical (unpaired) electrons. The molecule has 31 heavy (non-hydrogen) atoms. The summed E-state index contributed by atoms with van der Waals surface area (Å²) in [7, 11) is 0. The van der Waals surface area contributed by atoms with E-state index in [1.165, 1.54) is 11.3 Å². The van der Waals surface area contributed by atoms with Crippen LogP contribution in [0.15, 0.2) is 24.3 Å². The molecule has 2 aromatic heterocycles. The van der Waals surface area contributed by atoms with Crippen LogP contribution in [0.1, 0.15) is 70.8 Å². The quantitative estimate of drug-likeness (QED) is 0.575. The van der Waals surface area contributed by atoms with Gasteiger partial charge in [-0.1, -0.05) is 12.1 Å². The molecule has 162 valence electrons. The van der Waals surface area contributed by atoms with Crippen LogP contribution >= 0.6 is 11.3 Å². The minimum absolute atomic E-state index is 0.0899. The van der Waals surface area contributed by atoms with E-state index in [2.05, 4.69) is 20.8 Å². The lowest BCUT2D eigenvalue weighted by molar-refractivity contribution is 0.0526. The highest BCUT2D eigenvalue weighted by molar-refractivity contribution is 7.17. The molecule has 3 aromatic rings. The number of esters is 1. The van der Waals surface area contributed by atoms with Crippen molar-refractivity contribution in [2.75, 3.05) is 11.9 Å². The SMILES string of the molecule is CCOC(=O)c1c(NC(=O)c2cccc(-c3nnnn3C(C)C)c2)sc2c1CCCC2. The molecule has 0 bridgehead atoms. The van der Waals surface area contributed by atoms with Gasteiger partial charge < -0.3 is 10.1 Å². The van der Waals surface area contributed by atoms with Crippen molar-refractivity contribution in [3.05, 3.63) is 45.8 Å². The van der Waals surface area contributed by atoms with Crippen molar-refractivity contribution in [2.45, 2.75) is 52.5 Å². The number of tetrazole rings is 1. The molecular weight excluding hydrogens is 414 g/mol. The Labute approximate surface area is 184 Å². The van der Waals surface area contributed by atoms with Crippen molar-refractivity contribution in [1.82, 2.24) is 20.2 Å². The number of nitrogens with zero attached hydrogens (tertiary/aromatic N) is 4. The fraction of sp³-hybridized carbons (Fsp3) is 0.409. The predicted octanol–water partition coefficient (Wildman–Crippen LogP) is 4.29. The van der Waals surface area contributed by atoms with Crippen LogP contribution in [-0.4, -0.2) is 38.7 Å². The highest BCUT2D eigenvalue weighted by Crippen LogP contribution is 2.39. The number of amides is 1. The van der Waals surface area contributed by atoms with E-state index in [0.29, 0.717) is 28.6 Å². The van der Waals surface area contributed by atoms with Crippen LogP contribution < -0.4 is 5.32 Å². The maximum Gasteiger partial charge on any atom is 0.341 e. The number of carbonyl (C=O) groups is 2. The summed E-state index contributed by atoms with van der Waals surface area (Å²) in [6.45, 7) is 6.06. The minimum Gasteiger partial charge on any atom is -0.462 e. The molecule has 0 atom stereocenters. The van der Waals surface area contributed by atoms with Gasteiger partial charge in [0.1, 0.15) is 5.00 Å². The summed E-state index contributed by atoms with van der Waals surface area (Å²) in [4.78, 5) is 26.9. The van der Waals surface area contributed by atoms with E-state index < -0.39 is 0 Å². The molecule has 1 N–H and O–H groups in total. The zero-order valence-electron chi connectivity index (χ0n) is 17.8. The number of aryl methyl sites for hydroxylation is 1. The summed E-state index contributed by atoms with van der Waals surface area (Å²) >= 11 is 1.48. The van der Waals surface area contributed by atoms with Crippen molar-refractivity contribution in [3.8, 4) is 11.4 Å². The second-order valence-electron chi connectivity index (χ2n) is 7.71. The predicted molar refractivity (Wildman–Crippen MR) is 119 cm³/mol. The summed E-state index contributed by atoms with van der Waals surface area (Å²) in [6.07, 6.45) is 3.89. The average Bonchev–Trinajstić information content (AvgIpc) is 3.39. The van der Waals surface area contributed by atoms with E-state index in [0.717, 1.165) is 41.7 Å². The first kappa shape index (κ1) is 21.2. The molecule has 0 saturated carbocycles. The summed E-state index contributed by atoms with van der Waals surface area (Å²) < 4.78 is 6.99. The third kappa shape index (κ3) is 4.23. The first-order chi connectivity index (χ1) is 15.0. The Morgan fingerprint density at radius 3 is 2.84 bits per heavy atom. The molecule has 4 rings (SSSR count). The lowest BCUT2D eigenvalue weighted by atomic mass is 9.95. The van der Waals surface area contributed by atoms with Crippen molar-refractivity contribution >= 4 is 28.2 Å². The van der Waals surface area contributed by atoms with Gasteiger partial charge in [-0.3, -0.25) is 4.79 Å². The molecule has 1 aromatic carbocycles. The van der Waals surface area contributed by atoms with Crippen molar-refractivity contribution in [3.63, 3.8) is 0 Å². The Hall–Kier alpha value is -3.07. The van der Waals surface area contributed by atoms with Gasteiger partial charge in [0.25, 0.3) is 5.91 Å². The van der Waals surface area contributed by atoms with Gasteiger partial charge in [-0.05, 0) is 74.6 Å². The van der Waals surface area contributed by atoms with Gasteiger partial charge in [0.2, 0.25) is 0 Å². The number of nitrogens with one attached hydrogen (secondary N) is 1. The van der Waals surface area contributed by atoms with Crippen LogP contribution in [0.5, 0.6) is 0 Å². The molecule has 8 nitrogen and oxygen atoms in total. The molecular formula is C22H25N5O3S. The highest BCUT2D eigenvalue weighted by Gasteiger charge is 2.27. The third-order valence-electron chi connectivity index (χ3n) is 5.24. The molecule has 0 saturated heterocycles. The Morgan fingerprint density at radius 2 is 2.06 bits per heavy atom. The van der Waals surface area contributed by atoms with Crippen LogP contribution in [0.4, 0.5) is 5.00 Å². The highest BCUT2D eigenvalue weighted by atomic mass is 32.1. The molecule has 0 spiro atoms. The number of aromatic nitrogens is 4.